The number of rotatable bonds is 6. The number of hydrogen-bond acceptors (Lipinski definition) is 6. The maximum Gasteiger partial charge on any atom is 0.326 e. The molecule has 25 heavy (non-hydrogen) atoms. The van der Waals surface area contributed by atoms with E-state index in [4.69, 9.17) is 33.2 Å². The van der Waals surface area contributed by atoms with E-state index in [1.165, 1.54) is 14.0 Å². The predicted octanol–water partition coefficient (Wildman–Crippen LogP) is 2.38. The van der Waals surface area contributed by atoms with Crippen LogP contribution in [0.25, 0.3) is 6.08 Å². The number of thioether (sulfide) groups is 1. The van der Waals surface area contributed by atoms with E-state index in [2.05, 4.69) is 5.92 Å². The van der Waals surface area contributed by atoms with Crippen molar-refractivity contribution in [2.24, 2.45) is 0 Å². The van der Waals surface area contributed by atoms with Gasteiger partial charge in [0.15, 0.2) is 11.5 Å². The number of methoxy groups -OCH3 is 1. The summed E-state index contributed by atoms with van der Waals surface area (Å²) in [6.45, 7) is 1.53. The summed E-state index contributed by atoms with van der Waals surface area (Å²) in [4.78, 5) is 25.0. The van der Waals surface area contributed by atoms with Crippen LogP contribution in [0.3, 0.4) is 0 Å². The molecule has 1 amide bonds. The highest BCUT2D eigenvalue weighted by Crippen LogP contribution is 2.35. The number of terminal acetylenes is 1. The third-order valence-corrected chi connectivity index (χ3v) is 4.70. The molecular formula is C17H15NO5S2. The average Bonchev–Trinajstić information content (AvgIpc) is 2.86. The fourth-order valence-corrected chi connectivity index (χ4v) is 3.51. The smallest absolute Gasteiger partial charge is 0.326 e. The molecule has 0 aliphatic carbocycles. The summed E-state index contributed by atoms with van der Waals surface area (Å²) < 4.78 is 10.8. The van der Waals surface area contributed by atoms with Crippen molar-refractivity contribution in [1.82, 2.24) is 4.90 Å². The molecule has 0 spiro atoms. The minimum absolute atomic E-state index is 0.113. The van der Waals surface area contributed by atoms with Crippen LogP contribution < -0.4 is 9.47 Å². The monoisotopic (exact) mass is 377 g/mol. The van der Waals surface area contributed by atoms with Crippen molar-refractivity contribution < 1.29 is 24.2 Å². The van der Waals surface area contributed by atoms with Crippen LogP contribution in [-0.4, -0.2) is 46.0 Å². The van der Waals surface area contributed by atoms with Crippen molar-refractivity contribution in [2.45, 2.75) is 13.0 Å². The number of ether oxygens (including phenoxy) is 2. The molecule has 1 heterocycles. The summed E-state index contributed by atoms with van der Waals surface area (Å²) in [5.74, 6) is 1.78. The molecule has 0 radical (unpaired) electrons. The van der Waals surface area contributed by atoms with Gasteiger partial charge in [-0.1, -0.05) is 36.0 Å². The Morgan fingerprint density at radius 1 is 1.52 bits per heavy atom. The van der Waals surface area contributed by atoms with Crippen molar-refractivity contribution in [1.29, 1.82) is 0 Å². The molecule has 0 aromatic heterocycles. The zero-order chi connectivity index (χ0) is 18.6. The highest BCUT2D eigenvalue weighted by molar-refractivity contribution is 8.26. The van der Waals surface area contributed by atoms with Gasteiger partial charge in [-0.25, -0.2) is 4.79 Å². The molecule has 1 saturated heterocycles. The van der Waals surface area contributed by atoms with Crippen molar-refractivity contribution in [2.75, 3.05) is 13.7 Å². The van der Waals surface area contributed by atoms with Crippen LogP contribution in [0.15, 0.2) is 23.1 Å². The van der Waals surface area contributed by atoms with Gasteiger partial charge in [-0.15, -0.1) is 6.42 Å². The number of hydrogen-bond donors (Lipinski definition) is 1. The molecule has 1 N–H and O–H groups in total. The lowest BCUT2D eigenvalue weighted by molar-refractivity contribution is -0.144. The molecule has 1 aromatic carbocycles. The van der Waals surface area contributed by atoms with E-state index in [1.807, 2.05) is 0 Å². The second-order valence-corrected chi connectivity index (χ2v) is 6.64. The third-order valence-electron chi connectivity index (χ3n) is 3.36. The second-order valence-electron chi connectivity index (χ2n) is 4.97. The summed E-state index contributed by atoms with van der Waals surface area (Å²) in [5.41, 5.74) is 0.688. The zero-order valence-corrected chi connectivity index (χ0v) is 15.1. The van der Waals surface area contributed by atoms with E-state index >= 15 is 0 Å². The first-order valence-electron chi connectivity index (χ1n) is 7.13. The maximum absolute atomic E-state index is 12.4. The molecule has 1 unspecified atom stereocenters. The Morgan fingerprint density at radius 2 is 2.24 bits per heavy atom. The molecule has 0 bridgehead atoms. The van der Waals surface area contributed by atoms with Crippen LogP contribution in [-0.2, 0) is 9.59 Å². The first kappa shape index (κ1) is 18.8. The summed E-state index contributed by atoms with van der Waals surface area (Å²) in [7, 11) is 1.50. The second kappa shape index (κ2) is 8.05. The van der Waals surface area contributed by atoms with Gasteiger partial charge in [0.25, 0.3) is 5.91 Å². The minimum atomic E-state index is -1.12. The SMILES string of the molecule is C#CCOc1ccc(/C=C2\SC(=S)N(C(C)C(=O)O)C2=O)cc1OC. The fraction of sp³-hybridized carbons (Fsp3) is 0.235. The standard InChI is InChI=1S/C17H15NO5S2/c1-4-7-23-12-6-5-11(8-13(12)22-3)9-14-15(19)18(17(24)25-14)10(2)16(20)21/h1,5-6,8-10H,7H2,2-3H3,(H,20,21)/b14-9-. The zero-order valence-electron chi connectivity index (χ0n) is 13.5. The molecule has 1 fully saturated rings. The van der Waals surface area contributed by atoms with Crippen molar-refractivity contribution >= 4 is 46.3 Å². The Bertz CT molecular complexity index is 797. The Balaban J connectivity index is 2.29. The van der Waals surface area contributed by atoms with Crippen molar-refractivity contribution in [3.05, 3.63) is 28.7 Å². The van der Waals surface area contributed by atoms with Gasteiger partial charge in [-0.2, -0.15) is 0 Å². The van der Waals surface area contributed by atoms with E-state index in [-0.39, 0.29) is 10.9 Å². The lowest BCUT2D eigenvalue weighted by Gasteiger charge is -2.18. The molecule has 0 saturated carbocycles. The van der Waals surface area contributed by atoms with E-state index in [1.54, 1.807) is 24.3 Å². The molecule has 2 rings (SSSR count). The van der Waals surface area contributed by atoms with Gasteiger partial charge < -0.3 is 14.6 Å². The lowest BCUT2D eigenvalue weighted by Crippen LogP contribution is -2.41. The van der Waals surface area contributed by atoms with Crippen LogP contribution >= 0.6 is 24.0 Å². The number of thiocarbonyl (C=S) groups is 1. The molecular weight excluding hydrogens is 362 g/mol. The Labute approximate surface area is 154 Å². The number of carbonyl (C=O) groups is 2. The van der Waals surface area contributed by atoms with Crippen LogP contribution in [0.2, 0.25) is 0 Å². The minimum Gasteiger partial charge on any atom is -0.493 e. The lowest BCUT2D eigenvalue weighted by atomic mass is 10.1. The summed E-state index contributed by atoms with van der Waals surface area (Å²) in [6, 6.07) is 4.09. The average molecular weight is 377 g/mol. The van der Waals surface area contributed by atoms with Gasteiger partial charge in [0, 0.05) is 0 Å². The molecule has 130 valence electrons. The Kier molecular flexibility index (Phi) is 6.07. The topological polar surface area (TPSA) is 76.1 Å². The highest BCUT2D eigenvalue weighted by Gasteiger charge is 2.38. The van der Waals surface area contributed by atoms with Gasteiger partial charge in [-0.05, 0) is 30.7 Å². The van der Waals surface area contributed by atoms with E-state index in [0.29, 0.717) is 22.0 Å². The summed E-state index contributed by atoms with van der Waals surface area (Å²) >= 11 is 6.18. The number of carbonyl (C=O) groups excluding carboxylic acids is 1. The predicted molar refractivity (Wildman–Crippen MR) is 99.4 cm³/mol. The Hall–Kier alpha value is -2.50. The number of nitrogens with zero attached hydrogens (tertiary/aromatic N) is 1. The van der Waals surface area contributed by atoms with Crippen LogP contribution in [0, 0.1) is 12.3 Å². The fourth-order valence-electron chi connectivity index (χ4n) is 2.09. The molecule has 8 heteroatoms. The highest BCUT2D eigenvalue weighted by atomic mass is 32.2. The van der Waals surface area contributed by atoms with E-state index < -0.39 is 17.9 Å². The first-order valence-corrected chi connectivity index (χ1v) is 8.35. The number of carboxylic acids is 1. The largest absolute Gasteiger partial charge is 0.493 e. The number of benzene rings is 1. The number of amides is 1. The van der Waals surface area contributed by atoms with Crippen molar-refractivity contribution in [3.63, 3.8) is 0 Å². The van der Waals surface area contributed by atoms with Gasteiger partial charge in [0.2, 0.25) is 0 Å². The van der Waals surface area contributed by atoms with Crippen molar-refractivity contribution in [3.8, 4) is 23.8 Å². The number of carboxylic acid groups (broad SMARTS) is 1. The maximum atomic E-state index is 12.4. The van der Waals surface area contributed by atoms with Crippen LogP contribution in [0.4, 0.5) is 0 Å². The van der Waals surface area contributed by atoms with E-state index in [0.717, 1.165) is 16.7 Å². The molecule has 1 atom stereocenters. The first-order chi connectivity index (χ1) is 11.9. The Morgan fingerprint density at radius 3 is 2.84 bits per heavy atom. The molecule has 1 aliphatic rings. The van der Waals surface area contributed by atoms with Crippen LogP contribution in [0.5, 0.6) is 11.5 Å². The third kappa shape index (κ3) is 4.13. The van der Waals surface area contributed by atoms with Gasteiger partial charge in [-0.3, -0.25) is 9.69 Å². The van der Waals surface area contributed by atoms with Gasteiger partial charge in [0.05, 0.1) is 12.0 Å². The quantitative estimate of drug-likeness (QED) is 0.463. The molecule has 1 aliphatic heterocycles. The van der Waals surface area contributed by atoms with Crippen LogP contribution in [0.1, 0.15) is 12.5 Å². The van der Waals surface area contributed by atoms with E-state index in [9.17, 15) is 9.59 Å². The van der Waals surface area contributed by atoms with Gasteiger partial charge >= 0.3 is 5.97 Å². The molecule has 1 aromatic rings. The van der Waals surface area contributed by atoms with Gasteiger partial charge in [0.1, 0.15) is 17.0 Å². The summed E-state index contributed by atoms with van der Waals surface area (Å²) in [6.07, 6.45) is 6.80. The number of aliphatic carboxylic acids is 1. The molecule has 6 nitrogen and oxygen atoms in total. The summed E-state index contributed by atoms with van der Waals surface area (Å²) in [5, 5.41) is 9.10. The normalized spacial score (nSPS) is 16.7.